The summed E-state index contributed by atoms with van der Waals surface area (Å²) in [4.78, 5) is 13.5. The summed E-state index contributed by atoms with van der Waals surface area (Å²) >= 11 is 0. The van der Waals surface area contributed by atoms with Gasteiger partial charge in [-0.1, -0.05) is 6.92 Å². The fourth-order valence-electron chi connectivity index (χ4n) is 2.26. The van der Waals surface area contributed by atoms with E-state index in [1.54, 1.807) is 0 Å². The summed E-state index contributed by atoms with van der Waals surface area (Å²) in [6.45, 7) is 7.79. The number of aliphatic hydroxyl groups is 1. The first-order valence-corrected chi connectivity index (χ1v) is 5.89. The summed E-state index contributed by atoms with van der Waals surface area (Å²) in [6.07, 6.45) is -0.188. The van der Waals surface area contributed by atoms with E-state index in [9.17, 15) is 9.90 Å². The molecular formula is C11H23N3O3. The second kappa shape index (κ2) is 5.77. The number of morpholine rings is 1. The second-order valence-electron chi connectivity index (χ2n) is 5.29. The van der Waals surface area contributed by atoms with Crippen molar-refractivity contribution in [3.05, 3.63) is 0 Å². The fourth-order valence-corrected chi connectivity index (χ4v) is 2.26. The number of ether oxygens (including phenoxy) is 1. The van der Waals surface area contributed by atoms with E-state index in [0.29, 0.717) is 13.1 Å². The van der Waals surface area contributed by atoms with Crippen LogP contribution in [0.3, 0.4) is 0 Å². The molecule has 1 saturated heterocycles. The van der Waals surface area contributed by atoms with E-state index in [1.165, 1.54) is 0 Å². The number of carbonyl (C=O) groups is 1. The molecule has 0 aliphatic carbocycles. The van der Waals surface area contributed by atoms with E-state index in [2.05, 4.69) is 10.3 Å². The van der Waals surface area contributed by atoms with Crippen molar-refractivity contribution in [2.24, 2.45) is 11.8 Å². The van der Waals surface area contributed by atoms with E-state index < -0.39 is 0 Å². The second-order valence-corrected chi connectivity index (χ2v) is 5.29. The van der Waals surface area contributed by atoms with Gasteiger partial charge in [-0.2, -0.15) is 0 Å². The van der Waals surface area contributed by atoms with Crippen LogP contribution in [0.5, 0.6) is 0 Å². The lowest BCUT2D eigenvalue weighted by Crippen LogP contribution is -2.55. The number of nitrogens with two attached hydrogens (primary N) is 1. The van der Waals surface area contributed by atoms with E-state index in [1.807, 2.05) is 20.8 Å². The Morgan fingerprint density at radius 1 is 1.71 bits per heavy atom. The molecule has 17 heavy (non-hydrogen) atoms. The highest BCUT2D eigenvalue weighted by atomic mass is 16.5. The number of aliphatic hydroxyl groups excluding tert-OH is 1. The lowest BCUT2D eigenvalue weighted by molar-refractivity contribution is -0.152. The predicted molar refractivity (Wildman–Crippen MR) is 64.0 cm³/mol. The first-order valence-electron chi connectivity index (χ1n) is 5.89. The monoisotopic (exact) mass is 245 g/mol. The van der Waals surface area contributed by atoms with Gasteiger partial charge in [0, 0.05) is 25.6 Å². The minimum atomic E-state index is -0.301. The van der Waals surface area contributed by atoms with Gasteiger partial charge in [0.25, 0.3) is 0 Å². The maximum atomic E-state index is 11.4. The highest BCUT2D eigenvalue weighted by Gasteiger charge is 2.33. The third-order valence-electron chi connectivity index (χ3n) is 2.88. The first kappa shape index (κ1) is 14.4. The third kappa shape index (κ3) is 4.23. The van der Waals surface area contributed by atoms with Crippen LogP contribution in [0.2, 0.25) is 0 Å². The third-order valence-corrected chi connectivity index (χ3v) is 2.88. The Morgan fingerprint density at radius 2 is 2.35 bits per heavy atom. The Morgan fingerprint density at radius 3 is 2.88 bits per heavy atom. The molecular weight excluding hydrogens is 222 g/mol. The van der Waals surface area contributed by atoms with Crippen molar-refractivity contribution in [2.75, 3.05) is 26.2 Å². The molecule has 0 bridgehead atoms. The van der Waals surface area contributed by atoms with Crippen molar-refractivity contribution in [3.8, 4) is 0 Å². The van der Waals surface area contributed by atoms with Crippen LogP contribution in [0, 0.1) is 5.92 Å². The van der Waals surface area contributed by atoms with Crippen LogP contribution in [-0.4, -0.2) is 53.9 Å². The van der Waals surface area contributed by atoms with E-state index in [-0.39, 0.29) is 30.1 Å². The van der Waals surface area contributed by atoms with Crippen LogP contribution in [-0.2, 0) is 9.53 Å². The SMILES string of the molecule is CC(CN1CC(CO)OC(C)(C)C1)C(=O)NN. The quantitative estimate of drug-likeness (QED) is 0.339. The Kier molecular flexibility index (Phi) is 4.88. The number of amides is 1. The lowest BCUT2D eigenvalue weighted by Gasteiger charge is -2.42. The molecule has 0 aromatic carbocycles. The number of nitrogens with one attached hydrogen (secondary N) is 1. The average Bonchev–Trinajstić information content (AvgIpc) is 2.25. The summed E-state index contributed by atoms with van der Waals surface area (Å²) < 4.78 is 5.70. The fraction of sp³-hybridized carbons (Fsp3) is 0.909. The van der Waals surface area contributed by atoms with Gasteiger partial charge in [0.15, 0.2) is 0 Å². The van der Waals surface area contributed by atoms with Crippen molar-refractivity contribution in [3.63, 3.8) is 0 Å². The molecule has 2 unspecified atom stereocenters. The Hall–Kier alpha value is -0.690. The normalized spacial score (nSPS) is 26.5. The highest BCUT2D eigenvalue weighted by Crippen LogP contribution is 2.21. The molecule has 1 aliphatic rings. The Labute approximate surface area is 102 Å². The molecule has 0 spiro atoms. The van der Waals surface area contributed by atoms with Crippen LogP contribution >= 0.6 is 0 Å². The molecule has 0 aromatic heterocycles. The smallest absolute Gasteiger partial charge is 0.237 e. The average molecular weight is 245 g/mol. The summed E-state index contributed by atoms with van der Waals surface area (Å²) in [5, 5.41) is 9.18. The summed E-state index contributed by atoms with van der Waals surface area (Å²) in [5.74, 6) is 4.76. The van der Waals surface area contributed by atoms with Gasteiger partial charge < -0.3 is 9.84 Å². The number of hydrogen-bond acceptors (Lipinski definition) is 5. The van der Waals surface area contributed by atoms with E-state index in [4.69, 9.17) is 10.6 Å². The Bertz CT molecular complexity index is 271. The van der Waals surface area contributed by atoms with Crippen LogP contribution in [0.15, 0.2) is 0 Å². The zero-order valence-corrected chi connectivity index (χ0v) is 10.8. The molecule has 1 heterocycles. The van der Waals surface area contributed by atoms with Crippen molar-refractivity contribution in [1.29, 1.82) is 0 Å². The minimum absolute atomic E-state index is 0.00258. The topological polar surface area (TPSA) is 87.8 Å². The number of hydrogen-bond donors (Lipinski definition) is 3. The molecule has 1 aliphatic heterocycles. The van der Waals surface area contributed by atoms with Gasteiger partial charge in [-0.05, 0) is 13.8 Å². The van der Waals surface area contributed by atoms with Gasteiger partial charge in [-0.3, -0.25) is 15.1 Å². The van der Waals surface area contributed by atoms with Gasteiger partial charge in [0.05, 0.1) is 18.3 Å². The standard InChI is InChI=1S/C11H23N3O3/c1-8(10(16)13-12)4-14-5-9(6-15)17-11(2,3)7-14/h8-9,15H,4-7,12H2,1-3H3,(H,13,16). The maximum absolute atomic E-state index is 11.4. The first-order chi connectivity index (χ1) is 7.88. The number of nitrogens with zero attached hydrogens (tertiary/aromatic N) is 1. The van der Waals surface area contributed by atoms with E-state index in [0.717, 1.165) is 6.54 Å². The van der Waals surface area contributed by atoms with Gasteiger partial charge in [0.2, 0.25) is 5.91 Å². The van der Waals surface area contributed by atoms with Crippen LogP contribution in [0.1, 0.15) is 20.8 Å². The zero-order chi connectivity index (χ0) is 13.1. The van der Waals surface area contributed by atoms with Crippen molar-refractivity contribution in [2.45, 2.75) is 32.5 Å². The molecule has 0 aromatic rings. The van der Waals surface area contributed by atoms with Crippen LogP contribution < -0.4 is 11.3 Å². The Balaban J connectivity index is 2.55. The van der Waals surface area contributed by atoms with Gasteiger partial charge in [0.1, 0.15) is 0 Å². The number of hydrazine groups is 1. The minimum Gasteiger partial charge on any atom is -0.394 e. The molecule has 1 rings (SSSR count). The lowest BCUT2D eigenvalue weighted by atomic mass is 10.0. The predicted octanol–water partition coefficient (Wildman–Crippen LogP) is -0.916. The molecule has 100 valence electrons. The molecule has 6 nitrogen and oxygen atoms in total. The van der Waals surface area contributed by atoms with E-state index >= 15 is 0 Å². The highest BCUT2D eigenvalue weighted by molar-refractivity contribution is 5.77. The molecule has 1 amide bonds. The number of carbonyl (C=O) groups excluding carboxylic acids is 1. The van der Waals surface area contributed by atoms with Crippen LogP contribution in [0.25, 0.3) is 0 Å². The summed E-state index contributed by atoms with van der Waals surface area (Å²) in [6, 6.07) is 0. The molecule has 0 saturated carbocycles. The van der Waals surface area contributed by atoms with Gasteiger partial charge in [-0.15, -0.1) is 0 Å². The summed E-state index contributed by atoms with van der Waals surface area (Å²) in [7, 11) is 0. The van der Waals surface area contributed by atoms with Crippen molar-refractivity contribution < 1.29 is 14.6 Å². The summed E-state index contributed by atoms with van der Waals surface area (Å²) in [5.41, 5.74) is 1.85. The van der Waals surface area contributed by atoms with Crippen molar-refractivity contribution in [1.82, 2.24) is 10.3 Å². The number of rotatable bonds is 4. The largest absolute Gasteiger partial charge is 0.394 e. The maximum Gasteiger partial charge on any atom is 0.237 e. The molecule has 6 heteroatoms. The molecule has 4 N–H and O–H groups in total. The van der Waals surface area contributed by atoms with Crippen LogP contribution in [0.4, 0.5) is 0 Å². The molecule has 1 fully saturated rings. The molecule has 2 atom stereocenters. The van der Waals surface area contributed by atoms with Gasteiger partial charge in [-0.25, -0.2) is 5.84 Å². The molecule has 0 radical (unpaired) electrons. The van der Waals surface area contributed by atoms with Gasteiger partial charge >= 0.3 is 0 Å². The zero-order valence-electron chi connectivity index (χ0n) is 10.8. The van der Waals surface area contributed by atoms with Crippen molar-refractivity contribution >= 4 is 5.91 Å².